The second-order valence-electron chi connectivity index (χ2n) is 9.29. The molecule has 204 valence electrons. The number of aromatic nitrogens is 2. The molecule has 1 saturated heterocycles. The normalized spacial score (nSPS) is 16.0. The molecule has 1 atom stereocenters. The van der Waals surface area contributed by atoms with Gasteiger partial charge in [0.1, 0.15) is 28.3 Å². The predicted octanol–water partition coefficient (Wildman–Crippen LogP) is 4.74. The quantitative estimate of drug-likeness (QED) is 0.253. The summed E-state index contributed by atoms with van der Waals surface area (Å²) >= 11 is 2.11. The van der Waals surface area contributed by atoms with E-state index in [1.165, 1.54) is 0 Å². The Labute approximate surface area is 237 Å². The lowest BCUT2D eigenvalue weighted by Crippen LogP contribution is -2.30. The van der Waals surface area contributed by atoms with Crippen molar-refractivity contribution in [3.8, 4) is 11.5 Å². The number of benzene rings is 2. The lowest BCUT2D eigenvalue weighted by Gasteiger charge is -2.17. The molecule has 3 aromatic rings. The molecule has 38 heavy (non-hydrogen) atoms. The van der Waals surface area contributed by atoms with E-state index >= 15 is 0 Å². The molecule has 0 radical (unpaired) electrons. The Hall–Kier alpha value is -2.68. The summed E-state index contributed by atoms with van der Waals surface area (Å²) in [6.07, 6.45) is 2.81. The number of halogens is 1. The number of ether oxygens (including phenoxy) is 2. The Balaban J connectivity index is 1.56. The van der Waals surface area contributed by atoms with Crippen LogP contribution in [0.3, 0.4) is 0 Å². The van der Waals surface area contributed by atoms with Crippen molar-refractivity contribution in [1.82, 2.24) is 19.6 Å². The highest BCUT2D eigenvalue weighted by Gasteiger charge is 2.22. The molecule has 1 aromatic heterocycles. The monoisotopic (exact) mass is 652 g/mol. The van der Waals surface area contributed by atoms with Crippen LogP contribution in [-0.4, -0.2) is 62.2 Å². The summed E-state index contributed by atoms with van der Waals surface area (Å²) < 4.78 is 41.1. The first-order valence-electron chi connectivity index (χ1n) is 12.4. The van der Waals surface area contributed by atoms with Crippen LogP contribution < -0.4 is 24.8 Å². The van der Waals surface area contributed by atoms with Gasteiger partial charge >= 0.3 is 0 Å². The number of anilines is 4. The van der Waals surface area contributed by atoms with Gasteiger partial charge in [0, 0.05) is 31.4 Å². The van der Waals surface area contributed by atoms with Crippen LogP contribution in [0.2, 0.25) is 0 Å². The Morgan fingerprint density at radius 1 is 1.16 bits per heavy atom. The average Bonchev–Trinajstić information content (AvgIpc) is 3.27. The number of sulfonamides is 1. The van der Waals surface area contributed by atoms with Gasteiger partial charge in [-0.05, 0) is 81.1 Å². The van der Waals surface area contributed by atoms with Gasteiger partial charge in [-0.2, -0.15) is 4.98 Å². The van der Waals surface area contributed by atoms with E-state index in [0.717, 1.165) is 28.8 Å². The lowest BCUT2D eigenvalue weighted by molar-refractivity contribution is 0.207. The Morgan fingerprint density at radius 3 is 2.66 bits per heavy atom. The van der Waals surface area contributed by atoms with Crippen LogP contribution in [-0.2, 0) is 10.0 Å². The third-order valence-electron chi connectivity index (χ3n) is 5.71. The molecule has 2 heterocycles. The number of nitrogens with zero attached hydrogens (tertiary/aromatic N) is 3. The molecule has 1 aliphatic heterocycles. The molecule has 0 saturated carbocycles. The van der Waals surface area contributed by atoms with Gasteiger partial charge in [0.15, 0.2) is 0 Å². The fourth-order valence-corrected chi connectivity index (χ4v) is 5.89. The highest BCUT2D eigenvalue weighted by Crippen LogP contribution is 2.33. The van der Waals surface area contributed by atoms with Gasteiger partial charge in [-0.3, -0.25) is 0 Å². The van der Waals surface area contributed by atoms with Gasteiger partial charge < -0.3 is 25.0 Å². The maximum Gasteiger partial charge on any atom is 0.242 e. The van der Waals surface area contributed by atoms with E-state index in [4.69, 9.17) is 9.47 Å². The van der Waals surface area contributed by atoms with Crippen LogP contribution in [0.15, 0.2) is 53.6 Å². The molecule has 1 aliphatic rings. The van der Waals surface area contributed by atoms with Gasteiger partial charge in [0.25, 0.3) is 0 Å². The molecule has 0 aliphatic carbocycles. The molecule has 0 amide bonds. The second-order valence-corrected chi connectivity index (χ2v) is 12.1. The fraction of sp³-hybridized carbons (Fsp3) is 0.385. The number of hydrogen-bond acceptors (Lipinski definition) is 9. The summed E-state index contributed by atoms with van der Waals surface area (Å²) in [5.74, 6) is 2.18. The van der Waals surface area contributed by atoms with Crippen LogP contribution in [0.25, 0.3) is 0 Å². The zero-order chi connectivity index (χ0) is 27.3. The molecule has 3 N–H and O–H groups in total. The summed E-state index contributed by atoms with van der Waals surface area (Å²) in [5, 5.41) is 6.39. The van der Waals surface area contributed by atoms with E-state index in [-0.39, 0.29) is 17.0 Å². The summed E-state index contributed by atoms with van der Waals surface area (Å²) in [5.41, 5.74) is 1.11. The van der Waals surface area contributed by atoms with Gasteiger partial charge in [0.2, 0.25) is 16.0 Å². The zero-order valence-corrected chi connectivity index (χ0v) is 24.8. The summed E-state index contributed by atoms with van der Waals surface area (Å²) in [4.78, 5) is 11.4. The number of likely N-dealkylation sites (N-methyl/N-ethyl adjacent to an activating group) is 1. The van der Waals surface area contributed by atoms with Crippen molar-refractivity contribution in [3.63, 3.8) is 0 Å². The van der Waals surface area contributed by atoms with Gasteiger partial charge in [0.05, 0.1) is 21.6 Å². The summed E-state index contributed by atoms with van der Waals surface area (Å²) in [6, 6.07) is 12.1. The first kappa shape index (κ1) is 28.3. The number of rotatable bonds is 11. The van der Waals surface area contributed by atoms with E-state index in [0.29, 0.717) is 35.5 Å². The average molecular weight is 653 g/mol. The van der Waals surface area contributed by atoms with Crippen LogP contribution in [0.1, 0.15) is 27.2 Å². The molecule has 0 bridgehead atoms. The van der Waals surface area contributed by atoms with Crippen LogP contribution >= 0.6 is 22.6 Å². The Morgan fingerprint density at radius 2 is 1.95 bits per heavy atom. The highest BCUT2D eigenvalue weighted by molar-refractivity contribution is 14.1. The molecular weight excluding hydrogens is 619 g/mol. The second kappa shape index (κ2) is 12.5. The van der Waals surface area contributed by atoms with Crippen LogP contribution in [0, 0.1) is 3.57 Å². The van der Waals surface area contributed by atoms with Crippen LogP contribution in [0.4, 0.5) is 23.1 Å². The Bertz CT molecular complexity index is 1370. The number of hydrogen-bond donors (Lipinski definition) is 3. The zero-order valence-electron chi connectivity index (χ0n) is 21.9. The molecule has 0 unspecified atom stereocenters. The SMILES string of the molecule is CCOc1cc(O[C@H]2CCN(C)C2)ccc1Nc1ncc(I)c(Nc2ccccc2S(=O)(=O)NC(C)C)n1. The number of likely N-dealkylation sites (tertiary alicyclic amines) is 1. The third kappa shape index (κ3) is 7.24. The standard InChI is InChI=1S/C26H33IN6O4S/c1-5-36-23-14-18(37-19-12-13-33(4)16-19)10-11-21(23)30-26-28-15-20(27)25(31-26)29-22-8-6-7-9-24(22)38(34,35)32-17(2)3/h6-11,14-15,17,19,32H,5,12-13,16H2,1-4H3,(H2,28,29,30,31)/t19-/m0/s1. The molecule has 4 rings (SSSR count). The summed E-state index contributed by atoms with van der Waals surface area (Å²) in [7, 11) is -1.63. The van der Waals surface area contributed by atoms with Crippen molar-refractivity contribution < 1.29 is 17.9 Å². The number of nitrogens with one attached hydrogen (secondary N) is 3. The van der Waals surface area contributed by atoms with Crippen molar-refractivity contribution in [2.24, 2.45) is 0 Å². The van der Waals surface area contributed by atoms with E-state index in [1.807, 2.05) is 25.1 Å². The smallest absolute Gasteiger partial charge is 0.242 e. The van der Waals surface area contributed by atoms with E-state index in [9.17, 15) is 8.42 Å². The van der Waals surface area contributed by atoms with Gasteiger partial charge in [-0.1, -0.05) is 12.1 Å². The molecule has 0 spiro atoms. The maximum absolute atomic E-state index is 12.9. The Kier molecular flexibility index (Phi) is 9.28. The van der Waals surface area contributed by atoms with Gasteiger partial charge in [-0.15, -0.1) is 0 Å². The summed E-state index contributed by atoms with van der Waals surface area (Å²) in [6.45, 7) is 7.89. The maximum atomic E-state index is 12.9. The number of para-hydroxylation sites is 1. The molecule has 2 aromatic carbocycles. The van der Waals surface area contributed by atoms with Crippen LogP contribution in [0.5, 0.6) is 11.5 Å². The molecule has 10 nitrogen and oxygen atoms in total. The highest BCUT2D eigenvalue weighted by atomic mass is 127. The van der Waals surface area contributed by atoms with E-state index in [1.54, 1.807) is 44.3 Å². The van der Waals surface area contributed by atoms with Crippen molar-refractivity contribution in [2.75, 3.05) is 37.4 Å². The van der Waals surface area contributed by atoms with Crippen molar-refractivity contribution in [1.29, 1.82) is 0 Å². The molecule has 12 heteroatoms. The van der Waals surface area contributed by atoms with Crippen molar-refractivity contribution in [3.05, 3.63) is 52.2 Å². The van der Waals surface area contributed by atoms with E-state index < -0.39 is 10.0 Å². The first-order valence-corrected chi connectivity index (χ1v) is 15.0. The third-order valence-corrected chi connectivity index (χ3v) is 8.22. The predicted molar refractivity (Wildman–Crippen MR) is 157 cm³/mol. The van der Waals surface area contributed by atoms with E-state index in [2.05, 4.69) is 59.9 Å². The minimum atomic E-state index is -3.71. The topological polar surface area (TPSA) is 118 Å². The first-order chi connectivity index (χ1) is 18.1. The minimum Gasteiger partial charge on any atom is -0.492 e. The van der Waals surface area contributed by atoms with Gasteiger partial charge in [-0.25, -0.2) is 18.1 Å². The lowest BCUT2D eigenvalue weighted by atomic mass is 10.2. The molecule has 1 fully saturated rings. The van der Waals surface area contributed by atoms with Crippen molar-refractivity contribution in [2.45, 2.75) is 44.2 Å². The van der Waals surface area contributed by atoms with Crippen molar-refractivity contribution >= 4 is 55.8 Å². The molecular formula is C26H33IN6O4S. The minimum absolute atomic E-state index is 0.139. The largest absolute Gasteiger partial charge is 0.492 e. The fourth-order valence-electron chi connectivity index (χ4n) is 4.08.